The highest BCUT2D eigenvalue weighted by Gasteiger charge is 2.27. The highest BCUT2D eigenvalue weighted by molar-refractivity contribution is 7.78. The highest BCUT2D eigenvalue weighted by Crippen LogP contribution is 2.14. The smallest absolute Gasteiger partial charge is 0.334 e. The molecule has 0 aromatic carbocycles. The maximum atomic E-state index is 5.30. The molecule has 0 saturated carbocycles. The zero-order valence-corrected chi connectivity index (χ0v) is 9.24. The number of hydrogen-bond donors (Lipinski definition) is 0. The van der Waals surface area contributed by atoms with Gasteiger partial charge in [-0.25, -0.2) is 0 Å². The summed E-state index contributed by atoms with van der Waals surface area (Å²) < 4.78 is 10.6. The molecule has 66 valence electrons. The molecule has 0 aromatic heterocycles. The Bertz CT molecular complexity index is 115. The first-order chi connectivity index (χ1) is 5.18. The molecule has 4 heteroatoms. The Labute approximate surface area is 75.1 Å². The van der Waals surface area contributed by atoms with Crippen molar-refractivity contribution in [3.05, 3.63) is 0 Å². The van der Waals surface area contributed by atoms with E-state index in [2.05, 4.69) is 6.55 Å². The van der Waals surface area contributed by atoms with E-state index in [1.807, 2.05) is 0 Å². The Morgan fingerprint density at radius 1 is 1.36 bits per heavy atom. The van der Waals surface area contributed by atoms with Gasteiger partial charge in [0, 0.05) is 14.2 Å². The van der Waals surface area contributed by atoms with Crippen LogP contribution in [0.25, 0.3) is 0 Å². The third kappa shape index (κ3) is 4.63. The van der Waals surface area contributed by atoms with Gasteiger partial charge in [0.25, 0.3) is 0 Å². The third-order valence-corrected chi connectivity index (χ3v) is 5.04. The number of thiocarbonyl (C=S) groups is 1. The molecular weight excluding hydrogens is 176 g/mol. The van der Waals surface area contributed by atoms with Crippen LogP contribution in [0, 0.1) is 0 Å². The molecule has 0 aliphatic carbocycles. The van der Waals surface area contributed by atoms with Gasteiger partial charge in [0.15, 0.2) is 0 Å². The second-order valence-electron chi connectivity index (χ2n) is 2.60. The van der Waals surface area contributed by atoms with Crippen molar-refractivity contribution >= 4 is 26.1 Å². The van der Waals surface area contributed by atoms with Crippen molar-refractivity contribution in [1.29, 1.82) is 0 Å². The van der Waals surface area contributed by atoms with Gasteiger partial charge in [-0.1, -0.05) is 12.2 Å². The van der Waals surface area contributed by atoms with Gasteiger partial charge in [-0.3, -0.25) is 0 Å². The van der Waals surface area contributed by atoms with Crippen LogP contribution in [-0.4, -0.2) is 28.1 Å². The maximum absolute atomic E-state index is 5.30. The molecule has 0 fully saturated rings. The summed E-state index contributed by atoms with van der Waals surface area (Å²) in [6, 6.07) is 1.02. The highest BCUT2D eigenvalue weighted by atomic mass is 32.1. The van der Waals surface area contributed by atoms with Crippen LogP contribution in [0.2, 0.25) is 12.6 Å². The SMILES string of the molecule is CO[Si](C)(CCCC=S)OC. The van der Waals surface area contributed by atoms with Gasteiger partial charge in [0.05, 0.1) is 0 Å². The predicted molar refractivity (Wildman–Crippen MR) is 53.3 cm³/mol. The zero-order valence-electron chi connectivity index (χ0n) is 7.42. The van der Waals surface area contributed by atoms with Crippen molar-refractivity contribution in [2.45, 2.75) is 25.4 Å². The summed E-state index contributed by atoms with van der Waals surface area (Å²) >= 11 is 4.72. The lowest BCUT2D eigenvalue weighted by Crippen LogP contribution is -2.35. The van der Waals surface area contributed by atoms with Crippen molar-refractivity contribution < 1.29 is 8.85 Å². The van der Waals surface area contributed by atoms with E-state index in [0.29, 0.717) is 0 Å². The largest absolute Gasteiger partial charge is 0.398 e. The molecule has 11 heavy (non-hydrogen) atoms. The van der Waals surface area contributed by atoms with E-state index in [0.717, 1.165) is 18.9 Å². The van der Waals surface area contributed by atoms with Gasteiger partial charge in [-0.2, -0.15) is 0 Å². The topological polar surface area (TPSA) is 18.5 Å². The second kappa shape index (κ2) is 5.82. The molecule has 0 bridgehead atoms. The van der Waals surface area contributed by atoms with E-state index in [-0.39, 0.29) is 0 Å². The quantitative estimate of drug-likeness (QED) is 0.365. The Morgan fingerprint density at radius 2 is 1.91 bits per heavy atom. The fourth-order valence-electron chi connectivity index (χ4n) is 0.794. The summed E-state index contributed by atoms with van der Waals surface area (Å²) in [7, 11) is 1.63. The molecule has 0 N–H and O–H groups in total. The van der Waals surface area contributed by atoms with Gasteiger partial charge in [0.1, 0.15) is 0 Å². The Hall–Kier alpha value is 0.227. The molecule has 0 spiro atoms. The summed E-state index contributed by atoms with van der Waals surface area (Å²) in [5, 5.41) is 1.76. The molecule has 0 amide bonds. The Kier molecular flexibility index (Phi) is 5.94. The summed E-state index contributed by atoms with van der Waals surface area (Å²) in [5.41, 5.74) is 0. The van der Waals surface area contributed by atoms with E-state index in [1.165, 1.54) is 0 Å². The van der Waals surface area contributed by atoms with Crippen molar-refractivity contribution in [3.63, 3.8) is 0 Å². The van der Waals surface area contributed by atoms with Crippen LogP contribution >= 0.6 is 12.2 Å². The molecule has 0 aliphatic rings. The number of hydrogen-bond acceptors (Lipinski definition) is 3. The van der Waals surface area contributed by atoms with Crippen LogP contribution in [0.4, 0.5) is 0 Å². The first-order valence-electron chi connectivity index (χ1n) is 3.72. The van der Waals surface area contributed by atoms with E-state index in [9.17, 15) is 0 Å². The van der Waals surface area contributed by atoms with Crippen LogP contribution < -0.4 is 0 Å². The van der Waals surface area contributed by atoms with E-state index in [1.54, 1.807) is 19.6 Å². The van der Waals surface area contributed by atoms with Crippen molar-refractivity contribution in [1.82, 2.24) is 0 Å². The summed E-state index contributed by atoms with van der Waals surface area (Å²) in [5.74, 6) is 0. The molecule has 0 aliphatic heterocycles. The first-order valence-corrected chi connectivity index (χ1v) is 6.72. The van der Waals surface area contributed by atoms with Gasteiger partial charge in [-0.05, 0) is 30.8 Å². The minimum absolute atomic E-state index is 0.977. The predicted octanol–water partition coefficient (Wildman–Crippen LogP) is 2.13. The first kappa shape index (κ1) is 11.2. The molecule has 0 radical (unpaired) electrons. The summed E-state index contributed by atoms with van der Waals surface area (Å²) in [6.07, 6.45) is 2.05. The molecule has 0 aromatic rings. The maximum Gasteiger partial charge on any atom is 0.334 e. The van der Waals surface area contributed by atoms with Gasteiger partial charge < -0.3 is 8.85 Å². The van der Waals surface area contributed by atoms with Crippen LogP contribution in [0.1, 0.15) is 12.8 Å². The summed E-state index contributed by atoms with van der Waals surface area (Å²) in [6.45, 7) is 2.07. The average Bonchev–Trinajstić information content (AvgIpc) is 2.05. The lowest BCUT2D eigenvalue weighted by Gasteiger charge is -2.21. The number of unbranched alkanes of at least 4 members (excludes halogenated alkanes) is 1. The molecule has 0 unspecified atom stereocenters. The Balaban J connectivity index is 3.59. The standard InChI is InChI=1S/C7H16O2SSi/c1-8-11(3,9-2)7-5-4-6-10/h6H,4-5,7H2,1-3H3. The van der Waals surface area contributed by atoms with Crippen LogP contribution in [0.15, 0.2) is 0 Å². The monoisotopic (exact) mass is 192 g/mol. The molecule has 0 heterocycles. The van der Waals surface area contributed by atoms with Crippen LogP contribution in [0.3, 0.4) is 0 Å². The molecular formula is C7H16O2SSi. The fraction of sp³-hybridized carbons (Fsp3) is 0.857. The number of rotatable bonds is 6. The molecule has 0 saturated heterocycles. The lowest BCUT2D eigenvalue weighted by atomic mass is 10.4. The fourth-order valence-corrected chi connectivity index (χ4v) is 2.38. The van der Waals surface area contributed by atoms with Crippen LogP contribution in [-0.2, 0) is 8.85 Å². The van der Waals surface area contributed by atoms with Crippen molar-refractivity contribution in [2.24, 2.45) is 0 Å². The van der Waals surface area contributed by atoms with Gasteiger partial charge in [0.2, 0.25) is 0 Å². The van der Waals surface area contributed by atoms with Crippen molar-refractivity contribution in [3.8, 4) is 0 Å². The lowest BCUT2D eigenvalue weighted by molar-refractivity contribution is 0.249. The second-order valence-corrected chi connectivity index (χ2v) is 6.52. The molecule has 0 rings (SSSR count). The summed E-state index contributed by atoms with van der Waals surface area (Å²) in [4.78, 5) is 0. The zero-order chi connectivity index (χ0) is 8.74. The minimum atomic E-state index is -1.80. The van der Waals surface area contributed by atoms with Crippen molar-refractivity contribution in [2.75, 3.05) is 14.2 Å². The Morgan fingerprint density at radius 3 is 2.27 bits per heavy atom. The van der Waals surface area contributed by atoms with Gasteiger partial charge >= 0.3 is 8.56 Å². The van der Waals surface area contributed by atoms with E-state index < -0.39 is 8.56 Å². The van der Waals surface area contributed by atoms with Gasteiger partial charge in [-0.15, -0.1) is 0 Å². The van der Waals surface area contributed by atoms with E-state index in [4.69, 9.17) is 21.1 Å². The van der Waals surface area contributed by atoms with E-state index >= 15 is 0 Å². The minimum Gasteiger partial charge on any atom is -0.398 e. The third-order valence-electron chi connectivity index (χ3n) is 1.82. The van der Waals surface area contributed by atoms with Crippen LogP contribution in [0.5, 0.6) is 0 Å². The normalized spacial score (nSPS) is 11.5. The average molecular weight is 192 g/mol. The molecule has 2 nitrogen and oxygen atoms in total. The molecule has 0 atom stereocenters.